The first-order valence-electron chi connectivity index (χ1n) is 7.36. The van der Waals surface area contributed by atoms with E-state index in [1.54, 1.807) is 30.3 Å². The number of carbonyl (C=O) groups excluding carboxylic acids is 1. The molecule has 0 aliphatic heterocycles. The number of hydrogen-bond donors (Lipinski definition) is 3. The number of rotatable bonds is 7. The number of ether oxygens (including phenoxy) is 2. The van der Waals surface area contributed by atoms with Crippen LogP contribution < -0.4 is 26.3 Å². The minimum atomic E-state index is -0.272. The van der Waals surface area contributed by atoms with Gasteiger partial charge in [-0.25, -0.2) is 0 Å². The zero-order valence-corrected chi connectivity index (χ0v) is 13.7. The molecule has 130 valence electrons. The summed E-state index contributed by atoms with van der Waals surface area (Å²) in [5.74, 6) is 0.491. The van der Waals surface area contributed by atoms with Crippen LogP contribution in [0.3, 0.4) is 0 Å². The lowest BCUT2D eigenvalue weighted by Crippen LogP contribution is -2.21. The van der Waals surface area contributed by atoms with Crippen LogP contribution in [0.4, 0.5) is 5.69 Å². The van der Waals surface area contributed by atoms with Crippen molar-refractivity contribution in [3.8, 4) is 11.5 Å². The van der Waals surface area contributed by atoms with E-state index in [1.165, 1.54) is 13.3 Å². The van der Waals surface area contributed by atoms with Gasteiger partial charge in [-0.2, -0.15) is 5.10 Å². The number of guanidine groups is 1. The average Bonchev–Trinajstić information content (AvgIpc) is 2.61. The van der Waals surface area contributed by atoms with Crippen molar-refractivity contribution in [1.29, 1.82) is 0 Å². The first-order chi connectivity index (χ1) is 12.1. The normalized spacial score (nSPS) is 10.3. The molecule has 0 unspecified atom stereocenters. The molecule has 25 heavy (non-hydrogen) atoms. The molecule has 2 rings (SSSR count). The highest BCUT2D eigenvalue weighted by atomic mass is 16.5. The van der Waals surface area contributed by atoms with Gasteiger partial charge in [-0.05, 0) is 35.9 Å². The molecule has 0 spiro atoms. The van der Waals surface area contributed by atoms with E-state index < -0.39 is 0 Å². The lowest BCUT2D eigenvalue weighted by Gasteiger charge is -2.11. The molecule has 0 bridgehead atoms. The summed E-state index contributed by atoms with van der Waals surface area (Å²) in [5.41, 5.74) is 11.8. The number of amides is 1. The molecule has 0 saturated heterocycles. The van der Waals surface area contributed by atoms with Crippen molar-refractivity contribution in [3.05, 3.63) is 54.1 Å². The Morgan fingerprint density at radius 1 is 1.16 bits per heavy atom. The number of methoxy groups -OCH3 is 1. The largest absolute Gasteiger partial charge is 0.493 e. The molecule has 0 aliphatic rings. The van der Waals surface area contributed by atoms with Crippen LogP contribution in [0, 0.1) is 0 Å². The molecule has 0 heterocycles. The zero-order valence-electron chi connectivity index (χ0n) is 13.7. The molecule has 0 atom stereocenters. The Morgan fingerprint density at radius 3 is 2.60 bits per heavy atom. The fraction of sp³-hybridized carbons (Fsp3) is 0.118. The smallest absolute Gasteiger partial charge is 0.262 e. The van der Waals surface area contributed by atoms with E-state index in [0.29, 0.717) is 22.7 Å². The summed E-state index contributed by atoms with van der Waals surface area (Å²) in [4.78, 5) is 11.9. The second kappa shape index (κ2) is 8.92. The predicted molar refractivity (Wildman–Crippen MR) is 97.0 cm³/mol. The third-order valence-corrected chi connectivity index (χ3v) is 2.98. The number of benzene rings is 2. The Hall–Kier alpha value is -3.55. The molecule has 8 nitrogen and oxygen atoms in total. The minimum absolute atomic E-state index is 0.132. The van der Waals surface area contributed by atoms with Crippen LogP contribution in [0.1, 0.15) is 5.56 Å². The van der Waals surface area contributed by atoms with E-state index in [4.69, 9.17) is 20.9 Å². The predicted octanol–water partition coefficient (Wildman–Crippen LogP) is 1.32. The van der Waals surface area contributed by atoms with E-state index in [0.717, 1.165) is 0 Å². The van der Waals surface area contributed by atoms with Crippen LogP contribution in [0.5, 0.6) is 11.5 Å². The molecule has 0 fully saturated rings. The topological polar surface area (TPSA) is 124 Å². The van der Waals surface area contributed by atoms with Gasteiger partial charge >= 0.3 is 0 Å². The number of nitrogens with two attached hydrogens (primary N) is 2. The summed E-state index contributed by atoms with van der Waals surface area (Å²) < 4.78 is 10.8. The maximum atomic E-state index is 11.9. The Bertz CT molecular complexity index is 771. The molecule has 0 radical (unpaired) electrons. The van der Waals surface area contributed by atoms with E-state index in [2.05, 4.69) is 15.5 Å². The molecule has 0 aliphatic carbocycles. The van der Waals surface area contributed by atoms with Gasteiger partial charge in [-0.15, -0.1) is 5.10 Å². The van der Waals surface area contributed by atoms with Crippen LogP contribution in [-0.2, 0) is 4.79 Å². The van der Waals surface area contributed by atoms with Gasteiger partial charge in [0.1, 0.15) is 0 Å². The van der Waals surface area contributed by atoms with Gasteiger partial charge in [0.15, 0.2) is 18.1 Å². The Balaban J connectivity index is 1.98. The Morgan fingerprint density at radius 2 is 1.92 bits per heavy atom. The Labute approximate surface area is 145 Å². The number of anilines is 1. The van der Waals surface area contributed by atoms with E-state index >= 15 is 0 Å². The van der Waals surface area contributed by atoms with Gasteiger partial charge in [0, 0.05) is 5.69 Å². The van der Waals surface area contributed by atoms with Gasteiger partial charge in [-0.1, -0.05) is 18.2 Å². The SMILES string of the molecule is COc1cc(/C=N/N=C(N)N)ccc1OCC(=O)Nc1ccccc1. The fourth-order valence-electron chi connectivity index (χ4n) is 1.91. The van der Waals surface area contributed by atoms with Crippen molar-refractivity contribution in [3.63, 3.8) is 0 Å². The van der Waals surface area contributed by atoms with Crippen molar-refractivity contribution in [2.24, 2.45) is 21.7 Å². The van der Waals surface area contributed by atoms with Crippen LogP contribution in [-0.4, -0.2) is 31.8 Å². The number of hydrogen-bond acceptors (Lipinski definition) is 5. The van der Waals surface area contributed by atoms with Crippen LogP contribution in [0.2, 0.25) is 0 Å². The summed E-state index contributed by atoms with van der Waals surface area (Å²) in [7, 11) is 1.50. The van der Waals surface area contributed by atoms with E-state index in [9.17, 15) is 4.79 Å². The van der Waals surface area contributed by atoms with Gasteiger partial charge in [0.2, 0.25) is 5.96 Å². The standard InChI is InChI=1S/C17H19N5O3/c1-24-15-9-12(10-20-22-17(18)19)7-8-14(15)25-11-16(23)21-13-5-3-2-4-6-13/h2-10H,11H2,1H3,(H,21,23)(H4,18,19,22)/b20-10+. The third-order valence-electron chi connectivity index (χ3n) is 2.98. The van der Waals surface area contributed by atoms with Crippen molar-refractivity contribution in [2.75, 3.05) is 19.0 Å². The first-order valence-corrected chi connectivity index (χ1v) is 7.36. The van der Waals surface area contributed by atoms with Gasteiger partial charge in [0.05, 0.1) is 13.3 Å². The summed E-state index contributed by atoms with van der Waals surface area (Å²) >= 11 is 0. The average molecular weight is 341 g/mol. The van der Waals surface area contributed by atoms with E-state index in [-0.39, 0.29) is 18.5 Å². The molecule has 1 amide bonds. The van der Waals surface area contributed by atoms with Crippen LogP contribution in [0.15, 0.2) is 58.7 Å². The van der Waals surface area contributed by atoms with Gasteiger partial charge < -0.3 is 26.3 Å². The van der Waals surface area contributed by atoms with Crippen molar-refractivity contribution in [1.82, 2.24) is 0 Å². The molecule has 8 heteroatoms. The fourth-order valence-corrected chi connectivity index (χ4v) is 1.91. The number of para-hydroxylation sites is 1. The number of carbonyl (C=O) groups is 1. The summed E-state index contributed by atoms with van der Waals surface area (Å²) in [6.45, 7) is -0.146. The van der Waals surface area contributed by atoms with Crippen LogP contribution >= 0.6 is 0 Å². The van der Waals surface area contributed by atoms with Gasteiger partial charge in [-0.3, -0.25) is 4.79 Å². The summed E-state index contributed by atoms with van der Waals surface area (Å²) in [6.07, 6.45) is 1.47. The second-order valence-corrected chi connectivity index (χ2v) is 4.88. The molecule has 0 saturated carbocycles. The lowest BCUT2D eigenvalue weighted by atomic mass is 10.2. The quantitative estimate of drug-likeness (QED) is 0.398. The van der Waals surface area contributed by atoms with Crippen molar-refractivity contribution in [2.45, 2.75) is 0 Å². The highest BCUT2D eigenvalue weighted by Crippen LogP contribution is 2.27. The molecule has 2 aromatic rings. The maximum Gasteiger partial charge on any atom is 0.262 e. The van der Waals surface area contributed by atoms with Crippen LogP contribution in [0.25, 0.3) is 0 Å². The molecular weight excluding hydrogens is 322 g/mol. The molecule has 5 N–H and O–H groups in total. The zero-order chi connectivity index (χ0) is 18.1. The van der Waals surface area contributed by atoms with E-state index in [1.807, 2.05) is 18.2 Å². The monoisotopic (exact) mass is 341 g/mol. The van der Waals surface area contributed by atoms with Crippen molar-refractivity contribution >= 4 is 23.8 Å². The highest BCUT2D eigenvalue weighted by Gasteiger charge is 2.08. The first kappa shape index (κ1) is 17.8. The summed E-state index contributed by atoms with van der Waals surface area (Å²) in [6, 6.07) is 14.2. The number of nitrogens with zero attached hydrogens (tertiary/aromatic N) is 2. The summed E-state index contributed by atoms with van der Waals surface area (Å²) in [5, 5.41) is 9.97. The molecular formula is C17H19N5O3. The maximum absolute atomic E-state index is 11.9. The van der Waals surface area contributed by atoms with Crippen molar-refractivity contribution < 1.29 is 14.3 Å². The molecule has 0 aromatic heterocycles. The Kier molecular flexibility index (Phi) is 6.35. The minimum Gasteiger partial charge on any atom is -0.493 e. The van der Waals surface area contributed by atoms with Gasteiger partial charge in [0.25, 0.3) is 5.91 Å². The molecule has 2 aromatic carbocycles. The lowest BCUT2D eigenvalue weighted by molar-refractivity contribution is -0.118. The highest BCUT2D eigenvalue weighted by molar-refractivity contribution is 5.91. The third kappa shape index (κ3) is 5.87. The second-order valence-electron chi connectivity index (χ2n) is 4.88. The number of nitrogens with one attached hydrogen (secondary N) is 1.